The van der Waals surface area contributed by atoms with E-state index in [9.17, 15) is 13.2 Å². The number of halogens is 1. The molecule has 2 aromatic carbocycles. The number of ether oxygens (including phenoxy) is 1. The summed E-state index contributed by atoms with van der Waals surface area (Å²) < 4.78 is 31.6. The zero-order chi connectivity index (χ0) is 20.9. The first kappa shape index (κ1) is 22.0. The fourth-order valence-corrected chi connectivity index (χ4v) is 4.29. The minimum Gasteiger partial charge on any atom is -0.495 e. The Hall–Kier alpha value is -2.25. The maximum absolute atomic E-state index is 13.0. The summed E-state index contributed by atoms with van der Waals surface area (Å²) >= 11 is 6.08. The number of methoxy groups -OCH3 is 1. The predicted octanol–water partition coefficient (Wildman–Crippen LogP) is 4.09. The highest BCUT2D eigenvalue weighted by atomic mass is 35.5. The standard InChI is InChI=1S/C20H25ClN2O4S/c1-5-14-7-10-16(11-8-14)22-20(24)17(6-2)23(28(4,25)26)18-13-15(21)9-12-19(18)27-3/h7-13,17H,5-6H2,1-4H3,(H,22,24)/t17-/m0/s1. The van der Waals surface area contributed by atoms with Gasteiger partial charge in [0.05, 0.1) is 19.1 Å². The minimum atomic E-state index is -3.79. The maximum atomic E-state index is 13.0. The number of hydrogen-bond donors (Lipinski definition) is 1. The van der Waals surface area contributed by atoms with E-state index in [4.69, 9.17) is 16.3 Å². The molecule has 6 nitrogen and oxygen atoms in total. The summed E-state index contributed by atoms with van der Waals surface area (Å²) in [5, 5.41) is 3.14. The number of aryl methyl sites for hydroxylation is 1. The molecule has 8 heteroatoms. The van der Waals surface area contributed by atoms with Crippen LogP contribution >= 0.6 is 11.6 Å². The molecule has 28 heavy (non-hydrogen) atoms. The Labute approximate surface area is 171 Å². The van der Waals surface area contributed by atoms with Crippen LogP contribution in [0, 0.1) is 0 Å². The first-order chi connectivity index (χ1) is 13.2. The molecule has 0 unspecified atom stereocenters. The number of amides is 1. The van der Waals surface area contributed by atoms with E-state index >= 15 is 0 Å². The normalized spacial score (nSPS) is 12.3. The molecule has 0 saturated heterocycles. The van der Waals surface area contributed by atoms with E-state index in [2.05, 4.69) is 5.32 Å². The van der Waals surface area contributed by atoms with Crippen molar-refractivity contribution < 1.29 is 17.9 Å². The van der Waals surface area contributed by atoms with Crippen LogP contribution < -0.4 is 14.4 Å². The van der Waals surface area contributed by atoms with Gasteiger partial charge in [0, 0.05) is 10.7 Å². The Morgan fingerprint density at radius 2 is 1.82 bits per heavy atom. The molecule has 2 rings (SSSR count). The second kappa shape index (κ2) is 9.30. The predicted molar refractivity (Wildman–Crippen MR) is 114 cm³/mol. The van der Waals surface area contributed by atoms with Crippen molar-refractivity contribution >= 4 is 38.9 Å². The van der Waals surface area contributed by atoms with Crippen LogP contribution in [0.4, 0.5) is 11.4 Å². The highest BCUT2D eigenvalue weighted by molar-refractivity contribution is 7.92. The van der Waals surface area contributed by atoms with Crippen molar-refractivity contribution in [3.05, 3.63) is 53.1 Å². The summed E-state index contributed by atoms with van der Waals surface area (Å²) in [5.41, 5.74) is 1.97. The molecule has 1 atom stereocenters. The number of hydrogen-bond acceptors (Lipinski definition) is 4. The molecule has 0 bridgehead atoms. The zero-order valence-electron chi connectivity index (χ0n) is 16.4. The van der Waals surface area contributed by atoms with Gasteiger partial charge in [0.15, 0.2) is 0 Å². The minimum absolute atomic E-state index is 0.223. The van der Waals surface area contributed by atoms with Gasteiger partial charge in [-0.05, 0) is 48.7 Å². The average Bonchev–Trinajstić information content (AvgIpc) is 2.65. The van der Waals surface area contributed by atoms with Gasteiger partial charge in [-0.15, -0.1) is 0 Å². The molecule has 0 aliphatic heterocycles. The molecule has 0 heterocycles. The van der Waals surface area contributed by atoms with Gasteiger partial charge in [0.25, 0.3) is 0 Å². The molecule has 0 saturated carbocycles. The molecule has 2 aromatic rings. The number of anilines is 2. The van der Waals surface area contributed by atoms with Crippen LogP contribution in [-0.2, 0) is 21.2 Å². The third kappa shape index (κ3) is 5.17. The van der Waals surface area contributed by atoms with Crippen LogP contribution in [-0.4, -0.2) is 33.7 Å². The Morgan fingerprint density at radius 1 is 1.18 bits per heavy atom. The van der Waals surface area contributed by atoms with E-state index in [1.807, 2.05) is 19.1 Å². The van der Waals surface area contributed by atoms with Gasteiger partial charge in [-0.1, -0.05) is 37.6 Å². The maximum Gasteiger partial charge on any atom is 0.248 e. The highest BCUT2D eigenvalue weighted by Gasteiger charge is 2.33. The van der Waals surface area contributed by atoms with Gasteiger partial charge < -0.3 is 10.1 Å². The third-order valence-corrected chi connectivity index (χ3v) is 5.74. The molecule has 0 spiro atoms. The number of rotatable bonds is 8. The summed E-state index contributed by atoms with van der Waals surface area (Å²) in [6, 6.07) is 11.1. The summed E-state index contributed by atoms with van der Waals surface area (Å²) in [5.74, 6) is -0.118. The summed E-state index contributed by atoms with van der Waals surface area (Å²) in [7, 11) is -2.36. The SMILES string of the molecule is CCc1ccc(NC(=O)[C@H](CC)N(c2cc(Cl)ccc2OC)S(C)(=O)=O)cc1. The van der Waals surface area contributed by atoms with E-state index in [0.29, 0.717) is 16.5 Å². The van der Waals surface area contributed by atoms with Crippen molar-refractivity contribution in [3.63, 3.8) is 0 Å². The van der Waals surface area contributed by atoms with Crippen molar-refractivity contribution in [2.24, 2.45) is 0 Å². The van der Waals surface area contributed by atoms with Gasteiger partial charge in [-0.3, -0.25) is 9.10 Å². The fraction of sp³-hybridized carbons (Fsp3) is 0.350. The van der Waals surface area contributed by atoms with Crippen molar-refractivity contribution in [2.75, 3.05) is 23.0 Å². The largest absolute Gasteiger partial charge is 0.495 e. The molecule has 0 aromatic heterocycles. The monoisotopic (exact) mass is 424 g/mol. The van der Waals surface area contributed by atoms with Crippen LogP contribution in [0.25, 0.3) is 0 Å². The quantitative estimate of drug-likeness (QED) is 0.692. The van der Waals surface area contributed by atoms with Gasteiger partial charge in [-0.2, -0.15) is 0 Å². The van der Waals surface area contributed by atoms with Crippen LogP contribution in [0.2, 0.25) is 5.02 Å². The van der Waals surface area contributed by atoms with Gasteiger partial charge >= 0.3 is 0 Å². The second-order valence-electron chi connectivity index (χ2n) is 6.34. The first-order valence-corrected chi connectivity index (χ1v) is 11.2. The lowest BCUT2D eigenvalue weighted by Gasteiger charge is -2.31. The lowest BCUT2D eigenvalue weighted by atomic mass is 10.1. The van der Waals surface area contributed by atoms with Crippen molar-refractivity contribution in [3.8, 4) is 5.75 Å². The first-order valence-electron chi connectivity index (χ1n) is 8.94. The number of nitrogens with one attached hydrogen (secondary N) is 1. The Morgan fingerprint density at radius 3 is 2.32 bits per heavy atom. The van der Waals surface area contributed by atoms with E-state index in [0.717, 1.165) is 22.5 Å². The highest BCUT2D eigenvalue weighted by Crippen LogP contribution is 2.35. The Kier molecular flexibility index (Phi) is 7.32. The summed E-state index contributed by atoms with van der Waals surface area (Å²) in [6.45, 7) is 3.79. The van der Waals surface area contributed by atoms with Crippen molar-refractivity contribution in [1.82, 2.24) is 0 Å². The summed E-state index contributed by atoms with van der Waals surface area (Å²) in [4.78, 5) is 13.0. The Bertz CT molecular complexity index is 930. The smallest absolute Gasteiger partial charge is 0.248 e. The van der Waals surface area contributed by atoms with Crippen molar-refractivity contribution in [2.45, 2.75) is 32.7 Å². The van der Waals surface area contributed by atoms with E-state index in [-0.39, 0.29) is 12.1 Å². The lowest BCUT2D eigenvalue weighted by molar-refractivity contribution is -0.117. The van der Waals surface area contributed by atoms with Crippen LogP contribution in [0.5, 0.6) is 5.75 Å². The van der Waals surface area contributed by atoms with Crippen LogP contribution in [0.1, 0.15) is 25.8 Å². The number of nitrogens with zero attached hydrogens (tertiary/aromatic N) is 1. The van der Waals surface area contributed by atoms with Crippen molar-refractivity contribution in [1.29, 1.82) is 0 Å². The molecular weight excluding hydrogens is 400 g/mol. The number of sulfonamides is 1. The molecule has 0 aliphatic carbocycles. The van der Waals surface area contributed by atoms with Crippen LogP contribution in [0.15, 0.2) is 42.5 Å². The lowest BCUT2D eigenvalue weighted by Crippen LogP contribution is -2.47. The second-order valence-corrected chi connectivity index (χ2v) is 8.63. The number of carbonyl (C=O) groups excluding carboxylic acids is 1. The number of carbonyl (C=O) groups is 1. The topological polar surface area (TPSA) is 75.7 Å². The molecule has 0 aliphatic rings. The van der Waals surface area contributed by atoms with E-state index in [1.165, 1.54) is 13.2 Å². The third-order valence-electron chi connectivity index (χ3n) is 4.34. The molecule has 152 valence electrons. The molecular formula is C20H25ClN2O4S. The Balaban J connectivity index is 2.43. The molecule has 0 radical (unpaired) electrons. The fourth-order valence-electron chi connectivity index (χ4n) is 2.92. The van der Waals surface area contributed by atoms with E-state index in [1.54, 1.807) is 31.2 Å². The number of benzene rings is 2. The van der Waals surface area contributed by atoms with Crippen LogP contribution in [0.3, 0.4) is 0 Å². The molecule has 0 fully saturated rings. The zero-order valence-corrected chi connectivity index (χ0v) is 18.0. The molecule has 1 amide bonds. The summed E-state index contributed by atoms with van der Waals surface area (Å²) in [6.07, 6.45) is 2.21. The van der Waals surface area contributed by atoms with Gasteiger partial charge in [-0.25, -0.2) is 8.42 Å². The van der Waals surface area contributed by atoms with Gasteiger partial charge in [0.1, 0.15) is 11.8 Å². The van der Waals surface area contributed by atoms with Gasteiger partial charge in [0.2, 0.25) is 15.9 Å². The average molecular weight is 425 g/mol. The molecule has 1 N–H and O–H groups in total. The van der Waals surface area contributed by atoms with E-state index < -0.39 is 22.0 Å².